The molecule has 0 saturated heterocycles. The number of para-hydroxylation sites is 1. The molecule has 1 amide bonds. The molecule has 1 aromatic carbocycles. The zero-order valence-electron chi connectivity index (χ0n) is 15.7. The van der Waals surface area contributed by atoms with Crippen molar-refractivity contribution in [3.63, 3.8) is 0 Å². The zero-order valence-corrected chi connectivity index (χ0v) is 16.5. The van der Waals surface area contributed by atoms with E-state index in [2.05, 4.69) is 34.6 Å². The molecule has 0 spiro atoms. The highest BCUT2D eigenvalue weighted by Gasteiger charge is 2.25. The van der Waals surface area contributed by atoms with Crippen LogP contribution in [0.3, 0.4) is 0 Å². The van der Waals surface area contributed by atoms with E-state index in [0.717, 1.165) is 29.9 Å². The Bertz CT molecular complexity index is 620. The Morgan fingerprint density at radius 2 is 1.84 bits per heavy atom. The van der Waals surface area contributed by atoms with Gasteiger partial charge in [-0.25, -0.2) is 0 Å². The lowest BCUT2D eigenvalue weighted by atomic mass is 10.0. The summed E-state index contributed by atoms with van der Waals surface area (Å²) < 4.78 is 0. The Kier molecular flexibility index (Phi) is 8.51. The topological polar surface area (TPSA) is 82.8 Å². The second-order valence-electron chi connectivity index (χ2n) is 6.02. The van der Waals surface area contributed by atoms with E-state index in [-0.39, 0.29) is 11.0 Å². The van der Waals surface area contributed by atoms with Gasteiger partial charge in [-0.3, -0.25) is 10.2 Å². The van der Waals surface area contributed by atoms with Crippen molar-refractivity contribution in [2.75, 3.05) is 25.0 Å². The third-order valence-corrected chi connectivity index (χ3v) is 4.32. The highest BCUT2D eigenvalue weighted by Crippen LogP contribution is 2.20. The van der Waals surface area contributed by atoms with Gasteiger partial charge in [0.25, 0.3) is 0 Å². The monoisotopic (exact) mass is 363 g/mol. The number of nitrogens with zero attached hydrogens (tertiary/aromatic N) is 2. The molecule has 0 unspecified atom stereocenters. The van der Waals surface area contributed by atoms with E-state index >= 15 is 0 Å². The van der Waals surface area contributed by atoms with Gasteiger partial charge in [0.2, 0.25) is 5.91 Å². The van der Waals surface area contributed by atoms with E-state index in [9.17, 15) is 4.79 Å². The van der Waals surface area contributed by atoms with Crippen molar-refractivity contribution in [2.24, 2.45) is 16.8 Å². The molecule has 7 heteroatoms. The number of aryl methyl sites for hydroxylation is 2. The lowest BCUT2D eigenvalue weighted by Crippen LogP contribution is -2.40. The zero-order chi connectivity index (χ0) is 19.0. The molecule has 6 nitrogen and oxygen atoms in total. The summed E-state index contributed by atoms with van der Waals surface area (Å²) in [5.41, 5.74) is 11.6. The number of hydrogen-bond acceptors (Lipinski definition) is 4. The molecule has 0 aliphatic heterocycles. The Balaban J connectivity index is 3.06. The third kappa shape index (κ3) is 6.43. The molecule has 4 N–H and O–H groups in total. The van der Waals surface area contributed by atoms with Crippen LogP contribution in [0.5, 0.6) is 0 Å². The number of carbonyl (C=O) groups is 1. The fraction of sp³-hybridized carbons (Fsp3) is 0.500. The highest BCUT2D eigenvalue weighted by atomic mass is 32.1. The number of amides is 1. The average Bonchev–Trinajstić information content (AvgIpc) is 2.57. The minimum atomic E-state index is -0.402. The summed E-state index contributed by atoms with van der Waals surface area (Å²) in [6.45, 7) is 12.2. The summed E-state index contributed by atoms with van der Waals surface area (Å²) in [4.78, 5) is 15.1. The van der Waals surface area contributed by atoms with Gasteiger partial charge in [0, 0.05) is 17.9 Å². The van der Waals surface area contributed by atoms with Gasteiger partial charge in [0.05, 0.1) is 5.92 Å². The molecule has 0 heterocycles. The van der Waals surface area contributed by atoms with E-state index in [1.54, 1.807) is 0 Å². The predicted molar refractivity (Wildman–Crippen MR) is 109 cm³/mol. The average molecular weight is 364 g/mol. The van der Waals surface area contributed by atoms with Crippen LogP contribution < -0.4 is 16.5 Å². The summed E-state index contributed by atoms with van der Waals surface area (Å²) in [6.07, 6.45) is 0. The van der Waals surface area contributed by atoms with Crippen LogP contribution in [0.15, 0.2) is 23.3 Å². The molecule has 1 rings (SSSR count). The van der Waals surface area contributed by atoms with Crippen LogP contribution in [0.4, 0.5) is 5.69 Å². The molecule has 1 aromatic rings. The SMILES string of the molecule is CCN(CC)C[C@H](C(=O)Nc1c(C)cccc1C)/C(C)=N/NC(N)=S. The molecule has 0 aliphatic rings. The van der Waals surface area contributed by atoms with Crippen LogP contribution in [0.1, 0.15) is 31.9 Å². The quantitative estimate of drug-likeness (QED) is 0.375. The molecular formula is C18H29N5OS. The van der Waals surface area contributed by atoms with Crippen LogP contribution in [-0.2, 0) is 4.79 Å². The molecule has 1 atom stereocenters. The van der Waals surface area contributed by atoms with E-state index in [0.29, 0.717) is 12.3 Å². The van der Waals surface area contributed by atoms with Crippen molar-refractivity contribution < 1.29 is 4.79 Å². The van der Waals surface area contributed by atoms with Gasteiger partial charge < -0.3 is 16.0 Å². The molecule has 0 bridgehead atoms. The Morgan fingerprint density at radius 1 is 1.28 bits per heavy atom. The second-order valence-corrected chi connectivity index (χ2v) is 6.46. The Labute approximate surface area is 155 Å². The largest absolute Gasteiger partial charge is 0.375 e. The molecule has 0 fully saturated rings. The first kappa shape index (κ1) is 21.1. The van der Waals surface area contributed by atoms with Crippen molar-refractivity contribution in [3.8, 4) is 0 Å². The summed E-state index contributed by atoms with van der Waals surface area (Å²) in [6, 6.07) is 5.95. The molecule has 0 saturated carbocycles. The van der Waals surface area contributed by atoms with Crippen molar-refractivity contribution in [1.82, 2.24) is 10.3 Å². The number of thiocarbonyl (C=S) groups is 1. The molecule has 0 aromatic heterocycles. The summed E-state index contributed by atoms with van der Waals surface area (Å²) in [5, 5.41) is 7.31. The van der Waals surface area contributed by atoms with Crippen molar-refractivity contribution in [1.29, 1.82) is 0 Å². The van der Waals surface area contributed by atoms with Crippen LogP contribution in [-0.4, -0.2) is 41.3 Å². The van der Waals surface area contributed by atoms with Crippen molar-refractivity contribution >= 4 is 34.6 Å². The number of rotatable bonds is 8. The number of anilines is 1. The number of hydrogen-bond donors (Lipinski definition) is 3. The number of benzene rings is 1. The maximum Gasteiger partial charge on any atom is 0.234 e. The molecule has 0 radical (unpaired) electrons. The molecule has 25 heavy (non-hydrogen) atoms. The van der Waals surface area contributed by atoms with Crippen LogP contribution in [0.2, 0.25) is 0 Å². The Morgan fingerprint density at radius 3 is 2.32 bits per heavy atom. The smallest absolute Gasteiger partial charge is 0.234 e. The maximum atomic E-state index is 13.0. The van der Waals surface area contributed by atoms with Crippen LogP contribution >= 0.6 is 12.2 Å². The molecule has 0 aliphatic carbocycles. The minimum absolute atomic E-state index is 0.0797. The second kappa shape index (κ2) is 10.1. The summed E-state index contributed by atoms with van der Waals surface area (Å²) in [7, 11) is 0. The van der Waals surface area contributed by atoms with Crippen molar-refractivity contribution in [3.05, 3.63) is 29.3 Å². The standard InChI is InChI=1S/C18H29N5OS/c1-6-23(7-2)11-15(14(5)21-22-18(19)25)17(24)20-16-12(3)9-8-10-13(16)4/h8-10,15H,6-7,11H2,1-5H3,(H,20,24)(H3,19,22,25)/b21-14+/t15-/m0/s1. The van der Waals surface area contributed by atoms with Gasteiger partial charge in [-0.05, 0) is 57.2 Å². The molecular weight excluding hydrogens is 334 g/mol. The first-order valence-electron chi connectivity index (χ1n) is 8.49. The van der Waals surface area contributed by atoms with Gasteiger partial charge in [0.1, 0.15) is 0 Å². The first-order chi connectivity index (χ1) is 11.8. The third-order valence-electron chi connectivity index (χ3n) is 4.23. The van der Waals surface area contributed by atoms with Crippen LogP contribution in [0, 0.1) is 19.8 Å². The van der Waals surface area contributed by atoms with Gasteiger partial charge in [-0.15, -0.1) is 0 Å². The van der Waals surface area contributed by atoms with Gasteiger partial charge >= 0.3 is 0 Å². The lowest BCUT2D eigenvalue weighted by Gasteiger charge is -2.25. The number of carbonyl (C=O) groups excluding carboxylic acids is 1. The fourth-order valence-electron chi connectivity index (χ4n) is 2.59. The normalized spacial score (nSPS) is 12.8. The first-order valence-corrected chi connectivity index (χ1v) is 8.89. The van der Waals surface area contributed by atoms with E-state index < -0.39 is 5.92 Å². The van der Waals surface area contributed by atoms with E-state index in [1.165, 1.54) is 0 Å². The van der Waals surface area contributed by atoms with Crippen LogP contribution in [0.25, 0.3) is 0 Å². The number of nitrogens with two attached hydrogens (primary N) is 1. The highest BCUT2D eigenvalue weighted by molar-refractivity contribution is 7.80. The summed E-state index contributed by atoms with van der Waals surface area (Å²) >= 11 is 4.79. The van der Waals surface area contributed by atoms with Gasteiger partial charge in [-0.2, -0.15) is 5.10 Å². The van der Waals surface area contributed by atoms with Crippen molar-refractivity contribution in [2.45, 2.75) is 34.6 Å². The fourth-order valence-corrected chi connectivity index (χ4v) is 2.63. The van der Waals surface area contributed by atoms with E-state index in [4.69, 9.17) is 18.0 Å². The maximum absolute atomic E-state index is 13.0. The van der Waals surface area contributed by atoms with E-state index in [1.807, 2.05) is 39.0 Å². The number of nitrogens with one attached hydrogen (secondary N) is 2. The lowest BCUT2D eigenvalue weighted by molar-refractivity contribution is -0.118. The minimum Gasteiger partial charge on any atom is -0.375 e. The number of hydrazone groups is 1. The van der Waals surface area contributed by atoms with Gasteiger partial charge in [0.15, 0.2) is 5.11 Å². The summed E-state index contributed by atoms with van der Waals surface area (Å²) in [5.74, 6) is -0.490. The molecule has 138 valence electrons. The van der Waals surface area contributed by atoms with Gasteiger partial charge in [-0.1, -0.05) is 32.0 Å². The predicted octanol–water partition coefficient (Wildman–Crippen LogP) is 2.41. The Hall–Kier alpha value is -1.99.